The number of anilines is 2. The van der Waals surface area contributed by atoms with Crippen LogP contribution in [-0.2, 0) is 0 Å². The third-order valence-corrected chi connectivity index (χ3v) is 3.09. The van der Waals surface area contributed by atoms with Gasteiger partial charge >= 0.3 is 0 Å². The Bertz CT molecular complexity index is 648. The second kappa shape index (κ2) is 6.70. The molecule has 2 N–H and O–H groups in total. The van der Waals surface area contributed by atoms with E-state index < -0.39 is 0 Å². The lowest BCUT2D eigenvalue weighted by atomic mass is 10.1. The summed E-state index contributed by atoms with van der Waals surface area (Å²) in [6.45, 7) is 8.26. The van der Waals surface area contributed by atoms with Crippen molar-refractivity contribution in [1.82, 2.24) is 4.98 Å². The zero-order chi connectivity index (χ0) is 15.2. The van der Waals surface area contributed by atoms with E-state index in [1.165, 1.54) is 0 Å². The maximum atomic E-state index is 12.2. The minimum atomic E-state index is -0.209. The van der Waals surface area contributed by atoms with Crippen molar-refractivity contribution in [3.8, 4) is 0 Å². The summed E-state index contributed by atoms with van der Waals surface area (Å²) < 4.78 is 0. The van der Waals surface area contributed by atoms with Crippen LogP contribution in [0.5, 0.6) is 0 Å². The van der Waals surface area contributed by atoms with Crippen LogP contribution in [0.2, 0.25) is 0 Å². The number of hydrogen-bond donors (Lipinski definition) is 2. The zero-order valence-electron chi connectivity index (χ0n) is 12.3. The van der Waals surface area contributed by atoms with Crippen molar-refractivity contribution >= 4 is 17.3 Å². The molecule has 1 aromatic carbocycles. The number of nitrogens with one attached hydrogen (secondary N) is 2. The van der Waals surface area contributed by atoms with Crippen LogP contribution in [0.15, 0.2) is 49.2 Å². The van der Waals surface area contributed by atoms with E-state index >= 15 is 0 Å². The van der Waals surface area contributed by atoms with Gasteiger partial charge in [-0.2, -0.15) is 0 Å². The Hall–Kier alpha value is -2.62. The van der Waals surface area contributed by atoms with Crippen LogP contribution in [0.1, 0.15) is 21.6 Å². The first-order chi connectivity index (χ1) is 10.1. The van der Waals surface area contributed by atoms with Crippen LogP contribution in [0, 0.1) is 13.8 Å². The minimum absolute atomic E-state index is 0.209. The van der Waals surface area contributed by atoms with Crippen molar-refractivity contribution in [2.75, 3.05) is 17.2 Å². The zero-order valence-corrected chi connectivity index (χ0v) is 12.3. The number of benzene rings is 1. The van der Waals surface area contributed by atoms with Crippen molar-refractivity contribution in [2.45, 2.75) is 13.8 Å². The van der Waals surface area contributed by atoms with Crippen molar-refractivity contribution in [3.63, 3.8) is 0 Å². The van der Waals surface area contributed by atoms with Crippen LogP contribution < -0.4 is 10.6 Å². The number of pyridine rings is 1. The molecule has 4 nitrogen and oxygen atoms in total. The summed E-state index contributed by atoms with van der Waals surface area (Å²) in [5, 5.41) is 6.01. The molecule has 21 heavy (non-hydrogen) atoms. The first kappa shape index (κ1) is 14.8. The molecule has 1 heterocycles. The minimum Gasteiger partial charge on any atom is -0.380 e. The fourth-order valence-electron chi connectivity index (χ4n) is 1.88. The van der Waals surface area contributed by atoms with Gasteiger partial charge in [0.2, 0.25) is 0 Å². The van der Waals surface area contributed by atoms with E-state index in [1.807, 2.05) is 38.1 Å². The third kappa shape index (κ3) is 3.92. The molecule has 0 spiro atoms. The van der Waals surface area contributed by atoms with Gasteiger partial charge in [-0.3, -0.25) is 4.79 Å². The summed E-state index contributed by atoms with van der Waals surface area (Å²) in [6, 6.07) is 9.48. The van der Waals surface area contributed by atoms with Gasteiger partial charge in [-0.15, -0.1) is 6.58 Å². The summed E-state index contributed by atoms with van der Waals surface area (Å²) >= 11 is 0. The SMILES string of the molecule is C=CCNc1ccc(C(=O)Nc2cc(C)ccc2C)nc1. The predicted octanol–water partition coefficient (Wildman–Crippen LogP) is 3.55. The largest absolute Gasteiger partial charge is 0.380 e. The molecule has 0 radical (unpaired) electrons. The van der Waals surface area contributed by atoms with Gasteiger partial charge < -0.3 is 10.6 Å². The van der Waals surface area contributed by atoms with E-state index in [0.717, 1.165) is 22.5 Å². The van der Waals surface area contributed by atoms with E-state index in [0.29, 0.717) is 12.2 Å². The molecule has 0 fully saturated rings. The molecule has 0 aliphatic heterocycles. The van der Waals surface area contributed by atoms with Gasteiger partial charge in [-0.05, 0) is 43.2 Å². The van der Waals surface area contributed by atoms with Crippen LogP contribution in [-0.4, -0.2) is 17.4 Å². The number of amides is 1. The van der Waals surface area contributed by atoms with Gasteiger partial charge in [0, 0.05) is 12.2 Å². The Morgan fingerprint density at radius 1 is 1.29 bits per heavy atom. The monoisotopic (exact) mass is 281 g/mol. The second-order valence-electron chi connectivity index (χ2n) is 4.87. The van der Waals surface area contributed by atoms with E-state index in [4.69, 9.17) is 0 Å². The fourth-order valence-corrected chi connectivity index (χ4v) is 1.88. The molecule has 1 amide bonds. The molecule has 0 saturated carbocycles. The van der Waals surface area contributed by atoms with Crippen molar-refractivity contribution in [3.05, 3.63) is 66.0 Å². The second-order valence-corrected chi connectivity index (χ2v) is 4.87. The van der Waals surface area contributed by atoms with Gasteiger partial charge in [0.15, 0.2) is 0 Å². The molecule has 0 atom stereocenters. The Kier molecular flexibility index (Phi) is 4.72. The molecule has 108 valence electrons. The number of nitrogens with zero attached hydrogens (tertiary/aromatic N) is 1. The van der Waals surface area contributed by atoms with Crippen LogP contribution in [0.4, 0.5) is 11.4 Å². The first-order valence-electron chi connectivity index (χ1n) is 6.79. The summed E-state index contributed by atoms with van der Waals surface area (Å²) in [6.07, 6.45) is 3.41. The third-order valence-electron chi connectivity index (χ3n) is 3.09. The topological polar surface area (TPSA) is 54.0 Å². The highest BCUT2D eigenvalue weighted by molar-refractivity contribution is 6.03. The van der Waals surface area contributed by atoms with Crippen molar-refractivity contribution in [2.24, 2.45) is 0 Å². The predicted molar refractivity (Wildman–Crippen MR) is 86.8 cm³/mol. The highest BCUT2D eigenvalue weighted by atomic mass is 16.1. The molecular formula is C17H19N3O. The van der Waals surface area contributed by atoms with Crippen LogP contribution in [0.3, 0.4) is 0 Å². The smallest absolute Gasteiger partial charge is 0.274 e. The number of carbonyl (C=O) groups is 1. The summed E-state index contributed by atoms with van der Waals surface area (Å²) in [5.74, 6) is -0.209. The molecular weight excluding hydrogens is 262 g/mol. The Labute approximate surface area is 124 Å². The van der Waals surface area contributed by atoms with Gasteiger partial charge in [-0.25, -0.2) is 4.98 Å². The van der Waals surface area contributed by atoms with Crippen molar-refractivity contribution in [1.29, 1.82) is 0 Å². The molecule has 0 bridgehead atoms. The Balaban J connectivity index is 2.09. The van der Waals surface area contributed by atoms with Crippen LogP contribution >= 0.6 is 0 Å². The average Bonchev–Trinajstić information content (AvgIpc) is 2.49. The van der Waals surface area contributed by atoms with Gasteiger partial charge in [0.1, 0.15) is 5.69 Å². The lowest BCUT2D eigenvalue weighted by Gasteiger charge is -2.09. The lowest BCUT2D eigenvalue weighted by Crippen LogP contribution is -2.14. The lowest BCUT2D eigenvalue weighted by molar-refractivity contribution is 0.102. The summed E-state index contributed by atoms with van der Waals surface area (Å²) in [7, 11) is 0. The standard InChI is InChI=1S/C17H19N3O/c1-4-9-18-14-7-8-15(19-11-14)17(21)20-16-10-12(2)5-6-13(16)3/h4-8,10-11,18H,1,9H2,2-3H3,(H,20,21). The number of aryl methyl sites for hydroxylation is 2. The van der Waals surface area contributed by atoms with Crippen molar-refractivity contribution < 1.29 is 4.79 Å². The summed E-state index contributed by atoms with van der Waals surface area (Å²) in [4.78, 5) is 16.4. The van der Waals surface area contributed by atoms with E-state index in [2.05, 4.69) is 22.2 Å². The van der Waals surface area contributed by atoms with Gasteiger partial charge in [-0.1, -0.05) is 18.2 Å². The highest BCUT2D eigenvalue weighted by Gasteiger charge is 2.09. The van der Waals surface area contributed by atoms with E-state index in [1.54, 1.807) is 18.3 Å². The molecule has 4 heteroatoms. The maximum absolute atomic E-state index is 12.2. The molecule has 2 rings (SSSR count). The number of carbonyl (C=O) groups excluding carboxylic acids is 1. The van der Waals surface area contributed by atoms with Crippen LogP contribution in [0.25, 0.3) is 0 Å². The summed E-state index contributed by atoms with van der Waals surface area (Å²) in [5.41, 5.74) is 4.19. The fraction of sp³-hybridized carbons (Fsp3) is 0.176. The number of rotatable bonds is 5. The normalized spacial score (nSPS) is 10.0. The molecule has 1 aromatic heterocycles. The molecule has 0 aliphatic rings. The van der Waals surface area contributed by atoms with E-state index in [-0.39, 0.29) is 5.91 Å². The van der Waals surface area contributed by atoms with Gasteiger partial charge in [0.25, 0.3) is 5.91 Å². The molecule has 0 aliphatic carbocycles. The van der Waals surface area contributed by atoms with E-state index in [9.17, 15) is 4.79 Å². The molecule has 2 aromatic rings. The molecule has 0 saturated heterocycles. The quantitative estimate of drug-likeness (QED) is 0.824. The first-order valence-corrected chi connectivity index (χ1v) is 6.79. The highest BCUT2D eigenvalue weighted by Crippen LogP contribution is 2.17. The Morgan fingerprint density at radius 3 is 2.76 bits per heavy atom. The molecule has 0 unspecified atom stereocenters. The maximum Gasteiger partial charge on any atom is 0.274 e. The number of aromatic nitrogens is 1. The number of hydrogen-bond acceptors (Lipinski definition) is 3. The average molecular weight is 281 g/mol. The van der Waals surface area contributed by atoms with Gasteiger partial charge in [0.05, 0.1) is 11.9 Å². The Morgan fingerprint density at radius 2 is 2.10 bits per heavy atom.